The molecule has 0 bridgehead atoms. The second-order valence-electron chi connectivity index (χ2n) is 26.3. The van der Waals surface area contributed by atoms with E-state index in [4.69, 9.17) is 0 Å². The summed E-state index contributed by atoms with van der Waals surface area (Å²) >= 11 is 3.71. The molecule has 4 nitrogen and oxygen atoms in total. The monoisotopic (exact) mass is 1330 g/mol. The Kier molecular flexibility index (Phi) is 14.3. The maximum absolute atomic E-state index is 2.48. The minimum atomic E-state index is 1.07. The summed E-state index contributed by atoms with van der Waals surface area (Å²) in [4.78, 5) is 4.88. The molecule has 0 atom stereocenters. The van der Waals surface area contributed by atoms with Crippen LogP contribution in [0.5, 0.6) is 0 Å². The fourth-order valence-electron chi connectivity index (χ4n) is 15.9. The molecule has 6 heteroatoms. The van der Waals surface area contributed by atoms with Crippen molar-refractivity contribution >= 4 is 141 Å². The van der Waals surface area contributed by atoms with Crippen molar-refractivity contribution in [3.8, 4) is 67.0 Å². The fourth-order valence-corrected chi connectivity index (χ4v) is 18.1. The van der Waals surface area contributed by atoms with E-state index in [1.807, 2.05) is 22.7 Å². The van der Waals surface area contributed by atoms with Gasteiger partial charge < -0.3 is 18.9 Å². The summed E-state index contributed by atoms with van der Waals surface area (Å²) in [6, 6.07) is 139. The van der Waals surface area contributed by atoms with Gasteiger partial charge in [0.1, 0.15) is 0 Å². The Balaban J connectivity index is 0.698. The number of fused-ring (bicyclic) bond motifs is 12. The first-order valence-corrected chi connectivity index (χ1v) is 36.4. The molecule has 102 heavy (non-hydrogen) atoms. The van der Waals surface area contributed by atoms with Gasteiger partial charge >= 0.3 is 0 Å². The molecule has 0 amide bonds. The highest BCUT2D eigenvalue weighted by Crippen LogP contribution is 2.49. The lowest BCUT2D eigenvalue weighted by Gasteiger charge is -2.27. The minimum absolute atomic E-state index is 1.07. The number of aromatic nitrogens is 2. The first kappa shape index (κ1) is 59.2. The summed E-state index contributed by atoms with van der Waals surface area (Å²) in [5.74, 6) is 0. The number of thiophene rings is 2. The van der Waals surface area contributed by atoms with Crippen molar-refractivity contribution in [3.05, 3.63) is 376 Å². The van der Waals surface area contributed by atoms with Gasteiger partial charge in [0.05, 0.1) is 22.1 Å². The molecule has 0 fully saturated rings. The van der Waals surface area contributed by atoms with E-state index in [-0.39, 0.29) is 0 Å². The Hall–Kier alpha value is -12.8. The van der Waals surface area contributed by atoms with Gasteiger partial charge in [0.25, 0.3) is 0 Å². The summed E-state index contributed by atoms with van der Waals surface area (Å²) in [5.41, 5.74) is 25.0. The lowest BCUT2D eigenvalue weighted by molar-refractivity contribution is 1.18. The second kappa shape index (κ2) is 24.6. The van der Waals surface area contributed by atoms with E-state index < -0.39 is 0 Å². The van der Waals surface area contributed by atoms with Crippen molar-refractivity contribution < 1.29 is 0 Å². The Bertz CT molecular complexity index is 6640. The molecule has 0 saturated heterocycles. The molecular weight excluding hydrogens is 1270 g/mol. The summed E-state index contributed by atoms with van der Waals surface area (Å²) in [6.07, 6.45) is 0. The second-order valence-corrected chi connectivity index (χ2v) is 28.5. The van der Waals surface area contributed by atoms with E-state index in [1.54, 1.807) is 0 Å². The van der Waals surface area contributed by atoms with Crippen LogP contribution in [0.4, 0.5) is 34.1 Å². The van der Waals surface area contributed by atoms with Crippen LogP contribution in [-0.4, -0.2) is 9.13 Å². The average Bonchev–Trinajstić information content (AvgIpc) is 1.57. The Labute approximate surface area is 598 Å². The number of nitrogens with zero attached hydrogens (tertiary/aromatic N) is 4. The number of hydrogen-bond donors (Lipinski definition) is 0. The molecule has 16 aromatic carbocycles. The van der Waals surface area contributed by atoms with Crippen molar-refractivity contribution in [3.63, 3.8) is 0 Å². The fraction of sp³-hybridized carbons (Fsp3) is 0. The molecule has 0 radical (unpaired) electrons. The van der Waals surface area contributed by atoms with Gasteiger partial charge in [0, 0.05) is 119 Å². The van der Waals surface area contributed by atoms with Gasteiger partial charge in [0.15, 0.2) is 0 Å². The van der Waals surface area contributed by atoms with E-state index in [2.05, 4.69) is 395 Å². The van der Waals surface area contributed by atoms with Gasteiger partial charge in [-0.2, -0.15) is 0 Å². The van der Waals surface area contributed by atoms with Crippen LogP contribution in [-0.2, 0) is 0 Å². The molecule has 4 heterocycles. The number of rotatable bonds is 13. The number of para-hydroxylation sites is 5. The number of benzene rings is 16. The molecule has 0 aliphatic heterocycles. The number of hydrogen-bond acceptors (Lipinski definition) is 4. The lowest BCUT2D eigenvalue weighted by Crippen LogP contribution is -2.10. The van der Waals surface area contributed by atoms with E-state index in [0.29, 0.717) is 0 Å². The molecular formula is C96H62N4S2. The van der Waals surface area contributed by atoms with Gasteiger partial charge in [0.2, 0.25) is 0 Å². The third-order valence-electron chi connectivity index (χ3n) is 20.5. The van der Waals surface area contributed by atoms with Crippen molar-refractivity contribution in [2.45, 2.75) is 0 Å². The van der Waals surface area contributed by atoms with Crippen LogP contribution in [0, 0.1) is 0 Å². The maximum Gasteiger partial charge on any atom is 0.0619 e. The Morgan fingerprint density at radius 2 is 0.578 bits per heavy atom. The molecule has 0 unspecified atom stereocenters. The molecule has 4 aromatic heterocycles. The number of anilines is 6. The highest BCUT2D eigenvalue weighted by Gasteiger charge is 2.24. The molecule has 0 spiro atoms. The van der Waals surface area contributed by atoms with Crippen LogP contribution in [0.3, 0.4) is 0 Å². The van der Waals surface area contributed by atoms with Gasteiger partial charge in [-0.05, 0) is 172 Å². The van der Waals surface area contributed by atoms with Gasteiger partial charge in [-0.15, -0.1) is 22.7 Å². The van der Waals surface area contributed by atoms with Crippen LogP contribution < -0.4 is 9.80 Å². The van der Waals surface area contributed by atoms with Gasteiger partial charge in [-0.3, -0.25) is 0 Å². The highest BCUT2D eigenvalue weighted by atomic mass is 32.1. The zero-order valence-corrected chi connectivity index (χ0v) is 57.0. The molecule has 20 rings (SSSR count). The molecule has 478 valence electrons. The van der Waals surface area contributed by atoms with Crippen LogP contribution in [0.2, 0.25) is 0 Å². The molecule has 0 saturated carbocycles. The third-order valence-corrected chi connectivity index (χ3v) is 22.7. The lowest BCUT2D eigenvalue weighted by atomic mass is 9.95. The summed E-state index contributed by atoms with van der Waals surface area (Å²) in [6.45, 7) is 0. The smallest absolute Gasteiger partial charge is 0.0619 e. The summed E-state index contributed by atoms with van der Waals surface area (Å²) in [7, 11) is 0. The standard InChI is InChI=1S/C96H62N4S2/c1-4-23-63(24-5-1)66-25-16-34-73(57-66)98(77-53-55-84-82-38-11-14-47-90(82)102-93(84)62-77)75-36-19-28-69(60-75)80-42-21-44-86-94-78(40-22-46-89(94)100(96(80)86)71-31-8-3-9-32-71)65-51-49-64(50-52-65)67-26-17-33-72(58-67)97(76-54-56-92-87(61-76)83-39-12-15-48-91(83)101-92)74-35-18-27-68(59-74)79-41-20-43-85-81-37-10-13-45-88(81)99(95(79)85)70-29-6-2-7-30-70/h1-62H. The van der Waals surface area contributed by atoms with E-state index in [0.717, 1.165) is 89.9 Å². The van der Waals surface area contributed by atoms with Crippen LogP contribution in [0.1, 0.15) is 0 Å². The first-order chi connectivity index (χ1) is 50.6. The van der Waals surface area contributed by atoms with Crippen molar-refractivity contribution in [1.29, 1.82) is 0 Å². The highest BCUT2D eigenvalue weighted by molar-refractivity contribution is 7.26. The van der Waals surface area contributed by atoms with E-state index in [9.17, 15) is 0 Å². The quantitative estimate of drug-likeness (QED) is 0.114. The molecule has 0 aliphatic carbocycles. The van der Waals surface area contributed by atoms with Crippen LogP contribution in [0.15, 0.2) is 376 Å². The SMILES string of the molecule is c1ccc(-c2cccc(N(c3cccc(-c4cccc5c6c(-c7ccc(-c8cccc(N(c9cccc(-c%10cccc%11c%12ccccc%12n(-c%12ccccc%12)c%10%11)c9)c9ccc%10sc%11ccccc%11c%10c9)c8)cc7)cccc6n(-c6ccccc6)c45)c3)c3ccc4c(c3)sc3ccccc34)c2)cc1. The van der Waals surface area contributed by atoms with Gasteiger partial charge in [-0.1, -0.05) is 249 Å². The summed E-state index contributed by atoms with van der Waals surface area (Å²) < 4.78 is 10.0. The zero-order valence-electron chi connectivity index (χ0n) is 55.4. The molecule has 0 aliphatic rings. The Morgan fingerprint density at radius 3 is 1.21 bits per heavy atom. The summed E-state index contributed by atoms with van der Waals surface area (Å²) in [5, 5.41) is 9.97. The Morgan fingerprint density at radius 1 is 0.196 bits per heavy atom. The zero-order chi connectivity index (χ0) is 67.2. The maximum atomic E-state index is 2.48. The normalized spacial score (nSPS) is 11.7. The largest absolute Gasteiger partial charge is 0.310 e. The van der Waals surface area contributed by atoms with Crippen molar-refractivity contribution in [1.82, 2.24) is 9.13 Å². The van der Waals surface area contributed by atoms with E-state index in [1.165, 1.54) is 95.2 Å². The van der Waals surface area contributed by atoms with E-state index >= 15 is 0 Å². The predicted molar refractivity (Wildman–Crippen MR) is 437 cm³/mol. The topological polar surface area (TPSA) is 16.3 Å². The van der Waals surface area contributed by atoms with Crippen LogP contribution >= 0.6 is 22.7 Å². The van der Waals surface area contributed by atoms with Crippen LogP contribution in [0.25, 0.3) is 151 Å². The third kappa shape index (κ3) is 10.0. The minimum Gasteiger partial charge on any atom is -0.310 e. The van der Waals surface area contributed by atoms with Crippen molar-refractivity contribution in [2.75, 3.05) is 9.80 Å². The molecule has 0 N–H and O–H groups in total. The predicted octanol–water partition coefficient (Wildman–Crippen LogP) is 27.9. The first-order valence-electron chi connectivity index (χ1n) is 34.8. The average molecular weight is 1340 g/mol. The molecule has 20 aromatic rings. The van der Waals surface area contributed by atoms with Crippen molar-refractivity contribution in [2.24, 2.45) is 0 Å². The van der Waals surface area contributed by atoms with Gasteiger partial charge in [-0.25, -0.2) is 0 Å².